The normalized spacial score (nSPS) is 11.9. The summed E-state index contributed by atoms with van der Waals surface area (Å²) < 4.78 is 38.5. The van der Waals surface area contributed by atoms with Crippen LogP contribution in [0.25, 0.3) is 0 Å². The van der Waals surface area contributed by atoms with E-state index in [4.69, 9.17) is 5.11 Å². The van der Waals surface area contributed by atoms with Crippen LogP contribution in [0.5, 0.6) is 0 Å². The second kappa shape index (κ2) is 4.15. The Balaban J connectivity index is 3.36. The minimum absolute atomic E-state index is 0.238. The first-order valence-corrected chi connectivity index (χ1v) is 4.59. The van der Waals surface area contributed by atoms with Crippen molar-refractivity contribution in [1.82, 2.24) is 0 Å². The lowest BCUT2D eigenvalue weighted by Crippen LogP contribution is -2.30. The summed E-state index contributed by atoms with van der Waals surface area (Å²) in [6.07, 6.45) is -2.95. The Morgan fingerprint density at radius 2 is 1.94 bits per heavy atom. The number of benzene rings is 1. The van der Waals surface area contributed by atoms with Crippen LogP contribution in [0, 0.1) is 5.82 Å². The predicted molar refractivity (Wildman–Crippen MR) is 52.0 cm³/mol. The number of carboxylic acids is 1. The maximum atomic E-state index is 13.6. The summed E-state index contributed by atoms with van der Waals surface area (Å²) in [5.74, 6) is -2.41. The molecule has 5 heteroatoms. The number of hydrogen-bond acceptors (Lipinski definition) is 1. The van der Waals surface area contributed by atoms with Crippen LogP contribution in [0.4, 0.5) is 13.2 Å². The Morgan fingerprint density at radius 3 is 2.38 bits per heavy atom. The molecule has 0 aliphatic carbocycles. The van der Waals surface area contributed by atoms with Crippen molar-refractivity contribution in [3.8, 4) is 0 Å². The van der Waals surface area contributed by atoms with Gasteiger partial charge in [0.2, 0.25) is 0 Å². The number of carboxylic acid groups (broad SMARTS) is 1. The minimum Gasteiger partial charge on any atom is -0.481 e. The van der Waals surface area contributed by atoms with Crippen LogP contribution in [0.1, 0.15) is 31.4 Å². The van der Waals surface area contributed by atoms with Gasteiger partial charge in [-0.1, -0.05) is 18.2 Å². The van der Waals surface area contributed by atoms with Crippen molar-refractivity contribution in [2.75, 3.05) is 0 Å². The molecule has 0 amide bonds. The molecule has 0 atom stereocenters. The molecule has 0 aliphatic rings. The molecule has 0 bridgehead atoms. The number of aliphatic carboxylic acids is 1. The Hall–Kier alpha value is -1.52. The Kier molecular flexibility index (Phi) is 3.26. The van der Waals surface area contributed by atoms with Gasteiger partial charge < -0.3 is 5.11 Å². The van der Waals surface area contributed by atoms with Gasteiger partial charge in [-0.2, -0.15) is 0 Å². The third kappa shape index (κ3) is 2.03. The molecule has 1 aromatic rings. The number of hydrogen-bond donors (Lipinski definition) is 1. The molecule has 1 N–H and O–H groups in total. The summed E-state index contributed by atoms with van der Waals surface area (Å²) in [7, 11) is 0. The van der Waals surface area contributed by atoms with Crippen LogP contribution in [-0.2, 0) is 10.2 Å². The molecule has 0 heterocycles. The monoisotopic (exact) mass is 232 g/mol. The molecule has 1 aromatic carbocycles. The van der Waals surface area contributed by atoms with Crippen molar-refractivity contribution in [2.45, 2.75) is 25.7 Å². The molecule has 2 nitrogen and oxygen atoms in total. The predicted octanol–water partition coefficient (Wildman–Crippen LogP) is 3.13. The summed E-state index contributed by atoms with van der Waals surface area (Å²) in [5, 5.41) is 8.89. The van der Waals surface area contributed by atoms with Crippen LogP contribution >= 0.6 is 0 Å². The average Bonchev–Trinajstić information content (AvgIpc) is 2.16. The highest BCUT2D eigenvalue weighted by molar-refractivity contribution is 5.80. The van der Waals surface area contributed by atoms with E-state index in [9.17, 15) is 18.0 Å². The first-order valence-electron chi connectivity index (χ1n) is 4.59. The Labute approximate surface area is 90.7 Å². The van der Waals surface area contributed by atoms with Gasteiger partial charge in [-0.05, 0) is 13.8 Å². The van der Waals surface area contributed by atoms with Gasteiger partial charge in [0, 0.05) is 5.56 Å². The maximum absolute atomic E-state index is 13.6. The summed E-state index contributed by atoms with van der Waals surface area (Å²) in [5.41, 5.74) is -2.54. The first-order chi connectivity index (χ1) is 7.28. The zero-order valence-corrected chi connectivity index (χ0v) is 8.80. The van der Waals surface area contributed by atoms with Crippen LogP contribution < -0.4 is 0 Å². The molecule has 16 heavy (non-hydrogen) atoms. The molecule has 0 aliphatic heterocycles. The van der Waals surface area contributed by atoms with Gasteiger partial charge in [0.15, 0.2) is 0 Å². The Morgan fingerprint density at radius 1 is 1.38 bits per heavy atom. The minimum atomic E-state index is -2.95. The van der Waals surface area contributed by atoms with Gasteiger partial charge in [0.05, 0.1) is 11.0 Å². The van der Waals surface area contributed by atoms with Crippen molar-refractivity contribution in [1.29, 1.82) is 0 Å². The maximum Gasteiger partial charge on any atom is 0.313 e. The van der Waals surface area contributed by atoms with Crippen molar-refractivity contribution in [3.05, 3.63) is 35.1 Å². The number of carbonyl (C=O) groups is 1. The summed E-state index contributed by atoms with van der Waals surface area (Å²) in [6, 6.07) is 3.38. The molecule has 0 spiro atoms. The quantitative estimate of drug-likeness (QED) is 0.869. The summed E-state index contributed by atoms with van der Waals surface area (Å²) in [6.45, 7) is 2.53. The lowest BCUT2D eigenvalue weighted by atomic mass is 9.83. The second-order valence-corrected chi connectivity index (χ2v) is 3.94. The smallest absolute Gasteiger partial charge is 0.313 e. The van der Waals surface area contributed by atoms with E-state index in [2.05, 4.69) is 0 Å². The van der Waals surface area contributed by atoms with Gasteiger partial charge in [0.25, 0.3) is 6.43 Å². The molecule has 0 saturated heterocycles. The van der Waals surface area contributed by atoms with Crippen molar-refractivity contribution < 1.29 is 23.1 Å². The van der Waals surface area contributed by atoms with Crippen LogP contribution in [0.2, 0.25) is 0 Å². The molecule has 1 rings (SSSR count). The van der Waals surface area contributed by atoms with Crippen LogP contribution in [0.15, 0.2) is 18.2 Å². The SMILES string of the molecule is CC(C)(C(=O)O)c1cccc(C(F)F)c1F. The lowest BCUT2D eigenvalue weighted by Gasteiger charge is -2.21. The number of halogens is 3. The second-order valence-electron chi connectivity index (χ2n) is 3.94. The molecule has 0 unspecified atom stereocenters. The lowest BCUT2D eigenvalue weighted by molar-refractivity contribution is -0.142. The van der Waals surface area contributed by atoms with Gasteiger partial charge in [-0.15, -0.1) is 0 Å². The van der Waals surface area contributed by atoms with Crippen molar-refractivity contribution in [2.24, 2.45) is 0 Å². The van der Waals surface area contributed by atoms with Crippen LogP contribution in [0.3, 0.4) is 0 Å². The van der Waals surface area contributed by atoms with E-state index in [1.807, 2.05) is 0 Å². The molecular formula is C11H11F3O2. The fourth-order valence-electron chi connectivity index (χ4n) is 1.32. The molecule has 0 aromatic heterocycles. The van der Waals surface area contributed by atoms with Gasteiger partial charge >= 0.3 is 5.97 Å². The van der Waals surface area contributed by atoms with E-state index < -0.39 is 29.2 Å². The molecule has 0 fully saturated rings. The third-order valence-electron chi connectivity index (χ3n) is 2.47. The van der Waals surface area contributed by atoms with E-state index in [1.165, 1.54) is 26.0 Å². The fraction of sp³-hybridized carbons (Fsp3) is 0.364. The van der Waals surface area contributed by atoms with E-state index >= 15 is 0 Å². The molecule has 0 radical (unpaired) electrons. The number of rotatable bonds is 3. The fourth-order valence-corrected chi connectivity index (χ4v) is 1.32. The third-order valence-corrected chi connectivity index (χ3v) is 2.47. The summed E-state index contributed by atoms with van der Waals surface area (Å²) >= 11 is 0. The Bertz CT molecular complexity index is 414. The van der Waals surface area contributed by atoms with Crippen LogP contribution in [-0.4, -0.2) is 11.1 Å². The molecular weight excluding hydrogens is 221 g/mol. The highest BCUT2D eigenvalue weighted by Crippen LogP contribution is 2.31. The van der Waals surface area contributed by atoms with Crippen molar-refractivity contribution in [3.63, 3.8) is 0 Å². The molecule has 88 valence electrons. The standard InChI is InChI=1S/C11H11F3O2/c1-11(2,10(15)16)7-5-3-4-6(8(7)12)9(13)14/h3-5,9H,1-2H3,(H,15,16). The van der Waals surface area contributed by atoms with Crippen molar-refractivity contribution >= 4 is 5.97 Å². The average molecular weight is 232 g/mol. The van der Waals surface area contributed by atoms with E-state index in [0.29, 0.717) is 0 Å². The van der Waals surface area contributed by atoms with E-state index in [0.717, 1.165) is 6.07 Å². The highest BCUT2D eigenvalue weighted by Gasteiger charge is 2.33. The van der Waals surface area contributed by atoms with Gasteiger partial charge in [0.1, 0.15) is 5.82 Å². The largest absolute Gasteiger partial charge is 0.481 e. The summed E-state index contributed by atoms with van der Waals surface area (Å²) in [4.78, 5) is 10.9. The number of alkyl halides is 2. The van der Waals surface area contributed by atoms with E-state index in [1.54, 1.807) is 0 Å². The highest BCUT2D eigenvalue weighted by atomic mass is 19.3. The zero-order valence-electron chi connectivity index (χ0n) is 8.80. The topological polar surface area (TPSA) is 37.3 Å². The van der Waals surface area contributed by atoms with E-state index in [-0.39, 0.29) is 5.56 Å². The molecule has 0 saturated carbocycles. The van der Waals surface area contributed by atoms with Gasteiger partial charge in [-0.25, -0.2) is 13.2 Å². The first kappa shape index (κ1) is 12.5. The zero-order chi connectivity index (χ0) is 12.5. The van der Waals surface area contributed by atoms with Gasteiger partial charge in [-0.3, -0.25) is 4.79 Å².